The molecule has 0 radical (unpaired) electrons. The highest BCUT2D eigenvalue weighted by molar-refractivity contribution is 5.27. The molecule has 18 heavy (non-hydrogen) atoms. The van der Waals surface area contributed by atoms with E-state index in [0.29, 0.717) is 0 Å². The third-order valence-electron chi connectivity index (χ3n) is 3.20. The van der Waals surface area contributed by atoms with Gasteiger partial charge in [-0.15, -0.1) is 0 Å². The summed E-state index contributed by atoms with van der Waals surface area (Å²) in [5, 5.41) is 0. The maximum Gasteiger partial charge on any atom is 0.118 e. The molecule has 3 heteroatoms. The van der Waals surface area contributed by atoms with Crippen LogP contribution in [0.5, 0.6) is 5.75 Å². The highest BCUT2D eigenvalue weighted by atomic mass is 16.5. The fraction of sp³-hybridized carbons (Fsp3) is 0.333. The molecular weight excluding hydrogens is 226 g/mol. The number of hydrogen-bond acceptors (Lipinski definition) is 3. The highest BCUT2D eigenvalue weighted by Crippen LogP contribution is 2.21. The molecule has 0 aliphatic rings. The third-order valence-corrected chi connectivity index (χ3v) is 3.20. The number of ether oxygens (including phenoxy) is 1. The number of furan rings is 1. The molecule has 1 atom stereocenters. The van der Waals surface area contributed by atoms with Gasteiger partial charge in [0.2, 0.25) is 0 Å². The summed E-state index contributed by atoms with van der Waals surface area (Å²) in [4.78, 5) is 0. The zero-order chi connectivity index (χ0) is 13.0. The summed E-state index contributed by atoms with van der Waals surface area (Å²) in [5.74, 6) is 1.80. The summed E-state index contributed by atoms with van der Waals surface area (Å²) in [6.45, 7) is 1.95. The Bertz CT molecular complexity index is 487. The predicted molar refractivity (Wildman–Crippen MR) is 71.7 cm³/mol. The van der Waals surface area contributed by atoms with Crippen molar-refractivity contribution in [3.05, 3.63) is 53.5 Å². The van der Waals surface area contributed by atoms with E-state index in [-0.39, 0.29) is 6.04 Å². The quantitative estimate of drug-likeness (QED) is 0.879. The molecule has 3 nitrogen and oxygen atoms in total. The summed E-state index contributed by atoms with van der Waals surface area (Å²) >= 11 is 0. The van der Waals surface area contributed by atoms with Crippen molar-refractivity contribution in [2.75, 3.05) is 7.11 Å². The van der Waals surface area contributed by atoms with Crippen LogP contribution in [0.2, 0.25) is 0 Å². The molecule has 0 aliphatic carbocycles. The Kier molecular flexibility index (Phi) is 4.05. The van der Waals surface area contributed by atoms with Crippen LogP contribution < -0.4 is 10.5 Å². The van der Waals surface area contributed by atoms with E-state index >= 15 is 0 Å². The molecule has 1 unspecified atom stereocenters. The number of methoxy groups -OCH3 is 1. The van der Waals surface area contributed by atoms with Crippen LogP contribution in [-0.2, 0) is 6.42 Å². The molecule has 1 aromatic heterocycles. The average Bonchev–Trinajstić information content (AvgIpc) is 2.83. The van der Waals surface area contributed by atoms with E-state index in [1.165, 1.54) is 5.56 Å². The molecule has 1 aromatic carbocycles. The van der Waals surface area contributed by atoms with Gasteiger partial charge in [0, 0.05) is 11.6 Å². The molecule has 0 saturated carbocycles. The molecule has 0 fully saturated rings. The number of aryl methyl sites for hydroxylation is 2. The van der Waals surface area contributed by atoms with Crippen molar-refractivity contribution in [1.82, 2.24) is 0 Å². The van der Waals surface area contributed by atoms with Crippen molar-refractivity contribution < 1.29 is 9.15 Å². The fourth-order valence-electron chi connectivity index (χ4n) is 2.05. The van der Waals surface area contributed by atoms with Gasteiger partial charge in [0.25, 0.3) is 0 Å². The van der Waals surface area contributed by atoms with Crippen LogP contribution in [0, 0.1) is 6.92 Å². The van der Waals surface area contributed by atoms with Crippen molar-refractivity contribution in [1.29, 1.82) is 0 Å². The van der Waals surface area contributed by atoms with Gasteiger partial charge in [0.15, 0.2) is 0 Å². The fourth-order valence-corrected chi connectivity index (χ4v) is 2.05. The standard InChI is InChI=1S/C15H19NO2/c1-11-14(9-10-18-11)15(16)8-5-12-3-6-13(17-2)7-4-12/h3-4,6-7,9-10,15H,5,8,16H2,1-2H3. The smallest absolute Gasteiger partial charge is 0.118 e. The number of rotatable bonds is 5. The van der Waals surface area contributed by atoms with E-state index in [9.17, 15) is 0 Å². The van der Waals surface area contributed by atoms with Gasteiger partial charge < -0.3 is 14.9 Å². The van der Waals surface area contributed by atoms with Gasteiger partial charge in [0.05, 0.1) is 13.4 Å². The van der Waals surface area contributed by atoms with Crippen molar-refractivity contribution in [2.24, 2.45) is 5.73 Å². The Morgan fingerprint density at radius 1 is 1.22 bits per heavy atom. The molecule has 0 spiro atoms. The summed E-state index contributed by atoms with van der Waals surface area (Å²) in [5.41, 5.74) is 8.53. The lowest BCUT2D eigenvalue weighted by Gasteiger charge is -2.11. The molecule has 2 aromatic rings. The molecule has 0 bridgehead atoms. The summed E-state index contributed by atoms with van der Waals surface area (Å²) in [7, 11) is 1.67. The minimum atomic E-state index is 0.0332. The van der Waals surface area contributed by atoms with Gasteiger partial charge in [0.1, 0.15) is 11.5 Å². The first-order chi connectivity index (χ1) is 8.70. The lowest BCUT2D eigenvalue weighted by atomic mass is 10.0. The summed E-state index contributed by atoms with van der Waals surface area (Å²) < 4.78 is 10.4. The van der Waals surface area contributed by atoms with Crippen LogP contribution >= 0.6 is 0 Å². The van der Waals surface area contributed by atoms with E-state index in [2.05, 4.69) is 12.1 Å². The largest absolute Gasteiger partial charge is 0.497 e. The SMILES string of the molecule is COc1ccc(CCC(N)c2ccoc2C)cc1. The number of hydrogen-bond donors (Lipinski definition) is 1. The van der Waals surface area contributed by atoms with Gasteiger partial charge in [-0.2, -0.15) is 0 Å². The first-order valence-corrected chi connectivity index (χ1v) is 6.13. The topological polar surface area (TPSA) is 48.4 Å². The summed E-state index contributed by atoms with van der Waals surface area (Å²) in [6.07, 6.45) is 3.56. The predicted octanol–water partition coefficient (Wildman–Crippen LogP) is 3.23. The van der Waals surface area contributed by atoms with Crippen LogP contribution in [0.1, 0.15) is 29.3 Å². The second kappa shape index (κ2) is 5.74. The number of benzene rings is 1. The molecule has 2 rings (SSSR count). The molecule has 0 aliphatic heterocycles. The highest BCUT2D eigenvalue weighted by Gasteiger charge is 2.11. The second-order valence-corrected chi connectivity index (χ2v) is 4.43. The van der Waals surface area contributed by atoms with Crippen LogP contribution in [0.15, 0.2) is 41.0 Å². The maximum absolute atomic E-state index is 6.16. The zero-order valence-electron chi connectivity index (χ0n) is 10.8. The van der Waals surface area contributed by atoms with Crippen molar-refractivity contribution in [3.8, 4) is 5.75 Å². The van der Waals surface area contributed by atoms with Gasteiger partial charge in [-0.05, 0) is 43.5 Å². The minimum absolute atomic E-state index is 0.0332. The second-order valence-electron chi connectivity index (χ2n) is 4.43. The Morgan fingerprint density at radius 3 is 2.50 bits per heavy atom. The molecule has 0 amide bonds. The molecule has 0 saturated heterocycles. The van der Waals surface area contributed by atoms with Crippen LogP contribution in [0.25, 0.3) is 0 Å². The Hall–Kier alpha value is -1.74. The molecular formula is C15H19NO2. The van der Waals surface area contributed by atoms with Crippen LogP contribution in [-0.4, -0.2) is 7.11 Å². The third kappa shape index (κ3) is 2.93. The monoisotopic (exact) mass is 245 g/mol. The molecule has 2 N–H and O–H groups in total. The number of nitrogens with two attached hydrogens (primary N) is 1. The van der Waals surface area contributed by atoms with Gasteiger partial charge in [-0.1, -0.05) is 12.1 Å². The first kappa shape index (κ1) is 12.7. The molecule has 96 valence electrons. The van der Waals surface area contributed by atoms with Gasteiger partial charge >= 0.3 is 0 Å². The lowest BCUT2D eigenvalue weighted by Crippen LogP contribution is -2.11. The average molecular weight is 245 g/mol. The van der Waals surface area contributed by atoms with Crippen LogP contribution in [0.4, 0.5) is 0 Å². The first-order valence-electron chi connectivity index (χ1n) is 6.13. The molecule has 1 heterocycles. The lowest BCUT2D eigenvalue weighted by molar-refractivity contribution is 0.414. The van der Waals surface area contributed by atoms with Crippen molar-refractivity contribution in [3.63, 3.8) is 0 Å². The van der Waals surface area contributed by atoms with E-state index in [1.54, 1.807) is 13.4 Å². The van der Waals surface area contributed by atoms with E-state index in [0.717, 1.165) is 29.9 Å². The maximum atomic E-state index is 6.16. The minimum Gasteiger partial charge on any atom is -0.497 e. The Morgan fingerprint density at radius 2 is 1.94 bits per heavy atom. The van der Waals surface area contributed by atoms with Gasteiger partial charge in [-0.3, -0.25) is 0 Å². The van der Waals surface area contributed by atoms with Gasteiger partial charge in [-0.25, -0.2) is 0 Å². The van der Waals surface area contributed by atoms with Crippen molar-refractivity contribution >= 4 is 0 Å². The zero-order valence-corrected chi connectivity index (χ0v) is 10.8. The summed E-state index contributed by atoms with van der Waals surface area (Å²) in [6, 6.07) is 10.1. The van der Waals surface area contributed by atoms with Crippen LogP contribution in [0.3, 0.4) is 0 Å². The normalized spacial score (nSPS) is 12.4. The van der Waals surface area contributed by atoms with E-state index < -0.39 is 0 Å². The van der Waals surface area contributed by atoms with Crippen molar-refractivity contribution in [2.45, 2.75) is 25.8 Å². The van der Waals surface area contributed by atoms with E-state index in [4.69, 9.17) is 14.9 Å². The van der Waals surface area contributed by atoms with E-state index in [1.807, 2.05) is 25.1 Å². The Labute approximate surface area is 108 Å². The Balaban J connectivity index is 1.93.